The standard InChI is InChI=1S/C11H11N3O3/c1-14-10(12-6-13-14)9(11(16)17)7-3-2-4-8(15)5-7/h2-6,9,15H,1H3,(H,16,17). The van der Waals surface area contributed by atoms with Gasteiger partial charge in [0.25, 0.3) is 0 Å². The van der Waals surface area contributed by atoms with Gasteiger partial charge in [-0.25, -0.2) is 4.98 Å². The molecule has 0 aliphatic rings. The first-order valence-corrected chi connectivity index (χ1v) is 4.95. The molecule has 17 heavy (non-hydrogen) atoms. The Hall–Kier alpha value is -2.37. The number of carboxylic acids is 1. The summed E-state index contributed by atoms with van der Waals surface area (Å²) in [5.41, 5.74) is 0.466. The van der Waals surface area contributed by atoms with Crippen LogP contribution in [0.15, 0.2) is 30.6 Å². The maximum atomic E-state index is 11.3. The Morgan fingerprint density at radius 1 is 1.47 bits per heavy atom. The molecule has 0 aliphatic carbocycles. The van der Waals surface area contributed by atoms with Crippen LogP contribution in [0.2, 0.25) is 0 Å². The Balaban J connectivity index is 2.50. The van der Waals surface area contributed by atoms with Crippen molar-refractivity contribution < 1.29 is 15.0 Å². The monoisotopic (exact) mass is 233 g/mol. The number of rotatable bonds is 3. The molecular formula is C11H11N3O3. The molecule has 0 bridgehead atoms. The number of carboxylic acid groups (broad SMARTS) is 1. The van der Waals surface area contributed by atoms with Crippen LogP contribution in [0, 0.1) is 0 Å². The van der Waals surface area contributed by atoms with Gasteiger partial charge in [-0.15, -0.1) is 0 Å². The number of aliphatic carboxylic acids is 1. The van der Waals surface area contributed by atoms with E-state index in [1.54, 1.807) is 19.2 Å². The first kappa shape index (κ1) is 11.1. The molecule has 1 aromatic carbocycles. The third kappa shape index (κ3) is 2.10. The number of aryl methyl sites for hydroxylation is 1. The lowest BCUT2D eigenvalue weighted by Gasteiger charge is -2.11. The first-order valence-electron chi connectivity index (χ1n) is 4.95. The van der Waals surface area contributed by atoms with Crippen molar-refractivity contribution in [2.75, 3.05) is 0 Å². The predicted octanol–water partition coefficient (Wildman–Crippen LogP) is 0.737. The molecule has 0 amide bonds. The molecule has 1 unspecified atom stereocenters. The van der Waals surface area contributed by atoms with Crippen molar-refractivity contribution in [2.24, 2.45) is 7.05 Å². The van der Waals surface area contributed by atoms with Crippen LogP contribution in [0.1, 0.15) is 17.3 Å². The van der Waals surface area contributed by atoms with Crippen LogP contribution in [0.25, 0.3) is 0 Å². The van der Waals surface area contributed by atoms with Crippen LogP contribution < -0.4 is 0 Å². The van der Waals surface area contributed by atoms with Crippen molar-refractivity contribution in [3.63, 3.8) is 0 Å². The third-order valence-corrected chi connectivity index (χ3v) is 2.46. The van der Waals surface area contributed by atoms with Gasteiger partial charge in [0.05, 0.1) is 0 Å². The van der Waals surface area contributed by atoms with Crippen molar-refractivity contribution >= 4 is 5.97 Å². The molecule has 1 heterocycles. The third-order valence-electron chi connectivity index (χ3n) is 2.46. The van der Waals surface area contributed by atoms with E-state index in [1.807, 2.05) is 0 Å². The van der Waals surface area contributed by atoms with Gasteiger partial charge < -0.3 is 10.2 Å². The minimum atomic E-state index is -1.04. The highest BCUT2D eigenvalue weighted by Crippen LogP contribution is 2.25. The molecule has 0 saturated carbocycles. The highest BCUT2D eigenvalue weighted by molar-refractivity contribution is 5.79. The Kier molecular flexibility index (Phi) is 2.78. The van der Waals surface area contributed by atoms with Crippen LogP contribution in [-0.2, 0) is 11.8 Å². The van der Waals surface area contributed by atoms with E-state index in [-0.39, 0.29) is 5.75 Å². The molecule has 6 heteroatoms. The summed E-state index contributed by atoms with van der Waals surface area (Å²) in [6.45, 7) is 0. The van der Waals surface area contributed by atoms with E-state index in [0.717, 1.165) is 0 Å². The van der Waals surface area contributed by atoms with E-state index in [2.05, 4.69) is 10.1 Å². The van der Waals surface area contributed by atoms with Gasteiger partial charge in [0.2, 0.25) is 0 Å². The molecule has 88 valence electrons. The van der Waals surface area contributed by atoms with Gasteiger partial charge in [-0.05, 0) is 17.7 Å². The zero-order valence-corrected chi connectivity index (χ0v) is 9.11. The number of aromatic nitrogens is 3. The van der Waals surface area contributed by atoms with Gasteiger partial charge in [-0.3, -0.25) is 9.48 Å². The van der Waals surface area contributed by atoms with Gasteiger partial charge in [0, 0.05) is 7.05 Å². The lowest BCUT2D eigenvalue weighted by Crippen LogP contribution is -2.17. The summed E-state index contributed by atoms with van der Waals surface area (Å²) in [5.74, 6) is -1.62. The number of hydrogen-bond donors (Lipinski definition) is 2. The average molecular weight is 233 g/mol. The topological polar surface area (TPSA) is 88.2 Å². The fourth-order valence-corrected chi connectivity index (χ4v) is 1.67. The van der Waals surface area contributed by atoms with Crippen LogP contribution >= 0.6 is 0 Å². The second-order valence-corrected chi connectivity index (χ2v) is 3.61. The number of phenols is 1. The van der Waals surface area contributed by atoms with Gasteiger partial charge in [0.1, 0.15) is 23.8 Å². The van der Waals surface area contributed by atoms with Crippen molar-refractivity contribution in [2.45, 2.75) is 5.92 Å². The summed E-state index contributed by atoms with van der Waals surface area (Å²) in [4.78, 5) is 15.2. The summed E-state index contributed by atoms with van der Waals surface area (Å²) in [7, 11) is 1.63. The lowest BCUT2D eigenvalue weighted by atomic mass is 9.98. The normalized spacial score (nSPS) is 12.3. The number of hydrogen-bond acceptors (Lipinski definition) is 4. The van der Waals surface area contributed by atoms with E-state index in [9.17, 15) is 15.0 Å². The van der Waals surface area contributed by atoms with Crippen LogP contribution in [-0.4, -0.2) is 30.9 Å². The number of aromatic hydroxyl groups is 1. The average Bonchev–Trinajstić information content (AvgIpc) is 2.65. The molecule has 1 atom stereocenters. The highest BCUT2D eigenvalue weighted by atomic mass is 16.4. The summed E-state index contributed by atoms with van der Waals surface area (Å²) >= 11 is 0. The SMILES string of the molecule is Cn1ncnc1C(C(=O)O)c1cccc(O)c1. The number of nitrogens with zero attached hydrogens (tertiary/aromatic N) is 3. The minimum Gasteiger partial charge on any atom is -0.508 e. The molecule has 0 spiro atoms. The molecule has 0 fully saturated rings. The zero-order chi connectivity index (χ0) is 12.4. The Morgan fingerprint density at radius 3 is 2.76 bits per heavy atom. The molecule has 2 aromatic rings. The van der Waals surface area contributed by atoms with Crippen LogP contribution in [0.3, 0.4) is 0 Å². The van der Waals surface area contributed by atoms with Crippen LogP contribution in [0.5, 0.6) is 5.75 Å². The largest absolute Gasteiger partial charge is 0.508 e. The van der Waals surface area contributed by atoms with E-state index in [0.29, 0.717) is 11.4 Å². The molecule has 6 nitrogen and oxygen atoms in total. The maximum Gasteiger partial charge on any atom is 0.318 e. The van der Waals surface area contributed by atoms with Gasteiger partial charge in [-0.2, -0.15) is 5.10 Å². The summed E-state index contributed by atoms with van der Waals surface area (Å²) in [6.07, 6.45) is 1.30. The molecule has 2 rings (SSSR count). The quantitative estimate of drug-likeness (QED) is 0.816. The fraction of sp³-hybridized carbons (Fsp3) is 0.182. The van der Waals surface area contributed by atoms with Crippen molar-refractivity contribution in [3.8, 4) is 5.75 Å². The summed E-state index contributed by atoms with van der Waals surface area (Å²) in [5, 5.41) is 22.5. The van der Waals surface area contributed by atoms with E-state index in [1.165, 1.54) is 23.1 Å². The second-order valence-electron chi connectivity index (χ2n) is 3.61. The highest BCUT2D eigenvalue weighted by Gasteiger charge is 2.26. The first-order chi connectivity index (χ1) is 8.09. The van der Waals surface area contributed by atoms with Crippen molar-refractivity contribution in [1.82, 2.24) is 14.8 Å². The Labute approximate surface area is 97.2 Å². The summed E-state index contributed by atoms with van der Waals surface area (Å²) < 4.78 is 1.41. The minimum absolute atomic E-state index is 0.0240. The smallest absolute Gasteiger partial charge is 0.318 e. The molecule has 0 aliphatic heterocycles. The van der Waals surface area contributed by atoms with E-state index < -0.39 is 11.9 Å². The van der Waals surface area contributed by atoms with Crippen molar-refractivity contribution in [1.29, 1.82) is 0 Å². The Bertz CT molecular complexity index is 550. The van der Waals surface area contributed by atoms with E-state index in [4.69, 9.17) is 0 Å². The van der Waals surface area contributed by atoms with Crippen LogP contribution in [0.4, 0.5) is 0 Å². The van der Waals surface area contributed by atoms with Crippen molar-refractivity contribution in [3.05, 3.63) is 42.0 Å². The molecule has 1 aromatic heterocycles. The van der Waals surface area contributed by atoms with Gasteiger partial charge in [0.15, 0.2) is 0 Å². The summed E-state index contributed by atoms with van der Waals surface area (Å²) in [6, 6.07) is 6.12. The van der Waals surface area contributed by atoms with E-state index >= 15 is 0 Å². The predicted molar refractivity (Wildman–Crippen MR) is 58.6 cm³/mol. The van der Waals surface area contributed by atoms with Gasteiger partial charge in [-0.1, -0.05) is 12.1 Å². The molecule has 0 radical (unpaired) electrons. The lowest BCUT2D eigenvalue weighted by molar-refractivity contribution is -0.137. The molecule has 2 N–H and O–H groups in total. The Morgan fingerprint density at radius 2 is 2.24 bits per heavy atom. The van der Waals surface area contributed by atoms with Gasteiger partial charge >= 0.3 is 5.97 Å². The molecule has 0 saturated heterocycles. The fourth-order valence-electron chi connectivity index (χ4n) is 1.67. The molecular weight excluding hydrogens is 222 g/mol. The number of phenolic OH excluding ortho intramolecular Hbond substituents is 1. The zero-order valence-electron chi connectivity index (χ0n) is 9.11. The maximum absolute atomic E-state index is 11.3. The number of carbonyl (C=O) groups is 1. The number of benzene rings is 1. The second kappa shape index (κ2) is 4.25.